The molecule has 3 rings (SSSR count). The molecule has 1 aliphatic rings. The minimum Gasteiger partial charge on any atom is -0.342 e. The van der Waals surface area contributed by atoms with Crippen LogP contribution in [0.3, 0.4) is 0 Å². The summed E-state index contributed by atoms with van der Waals surface area (Å²) in [5.74, 6) is -0.544. The van der Waals surface area contributed by atoms with Gasteiger partial charge >= 0.3 is 0 Å². The number of thiazole rings is 1. The van der Waals surface area contributed by atoms with Gasteiger partial charge in [0.2, 0.25) is 5.91 Å². The number of carbonyl (C=O) groups excluding carboxylic acids is 2. The van der Waals surface area contributed by atoms with E-state index < -0.39 is 0 Å². The highest BCUT2D eigenvalue weighted by molar-refractivity contribution is 7.16. The summed E-state index contributed by atoms with van der Waals surface area (Å²) in [6.45, 7) is 2.48. The van der Waals surface area contributed by atoms with Gasteiger partial charge in [0, 0.05) is 12.1 Å². The molecule has 0 saturated carbocycles. The van der Waals surface area contributed by atoms with Crippen LogP contribution in [-0.4, -0.2) is 40.8 Å². The quantitative estimate of drug-likeness (QED) is 0.913. The van der Waals surface area contributed by atoms with E-state index in [9.17, 15) is 9.59 Å². The van der Waals surface area contributed by atoms with Gasteiger partial charge in [-0.3, -0.25) is 9.59 Å². The molecule has 1 aromatic carbocycles. The standard InChI is InChI=1S/C18H18N4O2S/c1-12-4-6-13(7-5-12)18-21-10-15(25-18)17(24)20-11-16(23)22-8-2-3-14(22)9-19/h4-7,10,14H,2-3,8,11H2,1H3,(H,20,24)/t14-/m0/s1. The van der Waals surface area contributed by atoms with Crippen molar-refractivity contribution in [1.82, 2.24) is 15.2 Å². The number of carbonyl (C=O) groups is 2. The topological polar surface area (TPSA) is 86.1 Å². The third kappa shape index (κ3) is 3.86. The van der Waals surface area contributed by atoms with Gasteiger partial charge in [-0.1, -0.05) is 29.8 Å². The van der Waals surface area contributed by atoms with Crippen molar-refractivity contribution in [3.8, 4) is 16.6 Å². The van der Waals surface area contributed by atoms with Crippen molar-refractivity contribution in [2.75, 3.05) is 13.1 Å². The predicted octanol–water partition coefficient (Wildman–Crippen LogP) is 2.36. The predicted molar refractivity (Wildman–Crippen MR) is 95.0 cm³/mol. The maximum atomic E-state index is 12.2. The number of hydrogen-bond donors (Lipinski definition) is 1. The lowest BCUT2D eigenvalue weighted by Crippen LogP contribution is -2.42. The second-order valence-electron chi connectivity index (χ2n) is 5.95. The van der Waals surface area contributed by atoms with E-state index in [1.54, 1.807) is 0 Å². The van der Waals surface area contributed by atoms with Gasteiger partial charge < -0.3 is 10.2 Å². The smallest absolute Gasteiger partial charge is 0.263 e. The molecule has 0 bridgehead atoms. The molecule has 0 aliphatic carbocycles. The van der Waals surface area contributed by atoms with Crippen LogP contribution in [-0.2, 0) is 4.79 Å². The molecule has 1 atom stereocenters. The third-order valence-electron chi connectivity index (χ3n) is 4.15. The number of nitrogens with zero attached hydrogens (tertiary/aromatic N) is 3. The van der Waals surface area contributed by atoms with Crippen molar-refractivity contribution >= 4 is 23.2 Å². The molecule has 0 spiro atoms. The number of nitriles is 1. The SMILES string of the molecule is Cc1ccc(-c2ncc(C(=O)NCC(=O)N3CCC[C@H]3C#N)s2)cc1. The molecule has 1 saturated heterocycles. The summed E-state index contributed by atoms with van der Waals surface area (Å²) in [6.07, 6.45) is 3.05. The first-order chi connectivity index (χ1) is 12.1. The monoisotopic (exact) mass is 354 g/mol. The fourth-order valence-corrected chi connectivity index (χ4v) is 3.59. The van der Waals surface area contributed by atoms with Crippen molar-refractivity contribution in [2.24, 2.45) is 0 Å². The van der Waals surface area contributed by atoms with E-state index in [1.165, 1.54) is 22.4 Å². The fourth-order valence-electron chi connectivity index (χ4n) is 2.75. The van der Waals surface area contributed by atoms with Gasteiger partial charge in [0.25, 0.3) is 5.91 Å². The Kier molecular flexibility index (Phi) is 5.10. The Balaban J connectivity index is 1.60. The molecule has 1 aliphatic heterocycles. The average molecular weight is 354 g/mol. The molecule has 25 heavy (non-hydrogen) atoms. The van der Waals surface area contributed by atoms with Crippen LogP contribution in [0.5, 0.6) is 0 Å². The molecular weight excluding hydrogens is 336 g/mol. The zero-order chi connectivity index (χ0) is 17.8. The van der Waals surface area contributed by atoms with Crippen molar-refractivity contribution < 1.29 is 9.59 Å². The fraction of sp³-hybridized carbons (Fsp3) is 0.333. The molecule has 7 heteroatoms. The van der Waals surface area contributed by atoms with Gasteiger partial charge in [-0.15, -0.1) is 11.3 Å². The van der Waals surface area contributed by atoms with Crippen LogP contribution >= 0.6 is 11.3 Å². The lowest BCUT2D eigenvalue weighted by Gasteiger charge is -2.19. The van der Waals surface area contributed by atoms with E-state index in [0.717, 1.165) is 22.6 Å². The summed E-state index contributed by atoms with van der Waals surface area (Å²) in [4.78, 5) is 30.7. The molecular formula is C18H18N4O2S. The van der Waals surface area contributed by atoms with E-state index in [4.69, 9.17) is 5.26 Å². The number of hydrogen-bond acceptors (Lipinski definition) is 5. The Morgan fingerprint density at radius 3 is 2.88 bits per heavy atom. The Bertz CT molecular complexity index is 822. The third-order valence-corrected chi connectivity index (χ3v) is 5.20. The van der Waals surface area contributed by atoms with Gasteiger partial charge in [0.1, 0.15) is 15.9 Å². The number of amides is 2. The summed E-state index contributed by atoms with van der Waals surface area (Å²) < 4.78 is 0. The van der Waals surface area contributed by atoms with Gasteiger partial charge in [-0.25, -0.2) is 4.98 Å². The van der Waals surface area contributed by atoms with Crippen LogP contribution in [0.2, 0.25) is 0 Å². The molecule has 0 radical (unpaired) electrons. The first-order valence-electron chi connectivity index (χ1n) is 8.08. The van der Waals surface area contributed by atoms with Crippen LogP contribution in [0.25, 0.3) is 10.6 Å². The number of aryl methyl sites for hydroxylation is 1. The van der Waals surface area contributed by atoms with Crippen LogP contribution in [0, 0.1) is 18.3 Å². The Morgan fingerprint density at radius 2 is 2.16 bits per heavy atom. The first-order valence-corrected chi connectivity index (χ1v) is 8.90. The van der Waals surface area contributed by atoms with Crippen molar-refractivity contribution in [3.05, 3.63) is 40.9 Å². The number of aromatic nitrogens is 1. The Hall–Kier alpha value is -2.72. The average Bonchev–Trinajstić information content (AvgIpc) is 3.29. The van der Waals surface area contributed by atoms with Gasteiger partial charge in [0.05, 0.1) is 18.8 Å². The summed E-state index contributed by atoms with van der Waals surface area (Å²) in [5.41, 5.74) is 2.12. The lowest BCUT2D eigenvalue weighted by molar-refractivity contribution is -0.130. The first kappa shape index (κ1) is 17.1. The molecule has 2 heterocycles. The summed E-state index contributed by atoms with van der Waals surface area (Å²) in [5, 5.41) is 12.4. The van der Waals surface area contributed by atoms with E-state index in [2.05, 4.69) is 16.4 Å². The summed E-state index contributed by atoms with van der Waals surface area (Å²) >= 11 is 1.29. The van der Waals surface area contributed by atoms with E-state index in [1.807, 2.05) is 31.2 Å². The van der Waals surface area contributed by atoms with E-state index >= 15 is 0 Å². The minimum absolute atomic E-state index is 0.102. The summed E-state index contributed by atoms with van der Waals surface area (Å²) in [7, 11) is 0. The lowest BCUT2D eigenvalue weighted by atomic mass is 10.2. The van der Waals surface area contributed by atoms with Crippen LogP contribution in [0.4, 0.5) is 0 Å². The summed E-state index contributed by atoms with van der Waals surface area (Å²) in [6, 6.07) is 9.68. The largest absolute Gasteiger partial charge is 0.342 e. The van der Waals surface area contributed by atoms with Crippen LogP contribution in [0.1, 0.15) is 28.1 Å². The van der Waals surface area contributed by atoms with Gasteiger partial charge in [-0.05, 0) is 19.8 Å². The van der Waals surface area contributed by atoms with Crippen LogP contribution in [0.15, 0.2) is 30.5 Å². The van der Waals surface area contributed by atoms with Crippen molar-refractivity contribution in [1.29, 1.82) is 5.26 Å². The maximum absolute atomic E-state index is 12.2. The minimum atomic E-state index is -0.374. The number of benzene rings is 1. The Labute approximate surface area is 150 Å². The molecule has 128 valence electrons. The molecule has 0 unspecified atom stereocenters. The normalized spacial score (nSPS) is 16.5. The molecule has 1 fully saturated rings. The van der Waals surface area contributed by atoms with Gasteiger partial charge in [0.15, 0.2) is 0 Å². The zero-order valence-corrected chi connectivity index (χ0v) is 14.7. The van der Waals surface area contributed by atoms with Crippen molar-refractivity contribution in [2.45, 2.75) is 25.8 Å². The molecule has 1 aromatic heterocycles. The van der Waals surface area contributed by atoms with Crippen LogP contribution < -0.4 is 5.32 Å². The maximum Gasteiger partial charge on any atom is 0.263 e. The number of nitrogens with one attached hydrogen (secondary N) is 1. The second-order valence-corrected chi connectivity index (χ2v) is 6.98. The van der Waals surface area contributed by atoms with E-state index in [0.29, 0.717) is 17.8 Å². The highest BCUT2D eigenvalue weighted by atomic mass is 32.1. The molecule has 2 aromatic rings. The molecule has 2 amide bonds. The highest BCUT2D eigenvalue weighted by Crippen LogP contribution is 2.25. The Morgan fingerprint density at radius 1 is 1.40 bits per heavy atom. The highest BCUT2D eigenvalue weighted by Gasteiger charge is 2.28. The number of rotatable bonds is 4. The molecule has 1 N–H and O–H groups in total. The second kappa shape index (κ2) is 7.45. The van der Waals surface area contributed by atoms with E-state index in [-0.39, 0.29) is 24.4 Å². The van der Waals surface area contributed by atoms with Crippen molar-refractivity contribution in [3.63, 3.8) is 0 Å². The number of likely N-dealkylation sites (tertiary alicyclic amines) is 1. The van der Waals surface area contributed by atoms with Gasteiger partial charge in [-0.2, -0.15) is 5.26 Å². The molecule has 6 nitrogen and oxygen atoms in total. The zero-order valence-electron chi connectivity index (χ0n) is 13.9.